The van der Waals surface area contributed by atoms with Crippen molar-refractivity contribution in [2.75, 3.05) is 37.4 Å². The molecule has 0 saturated carbocycles. The number of ether oxygens (including phenoxy) is 2. The number of nitrogens with one attached hydrogen (secondary N) is 1. The van der Waals surface area contributed by atoms with Crippen molar-refractivity contribution >= 4 is 45.0 Å². The molecule has 7 nitrogen and oxygen atoms in total. The van der Waals surface area contributed by atoms with Crippen LogP contribution in [0.2, 0.25) is 5.02 Å². The first-order chi connectivity index (χ1) is 18.1. The summed E-state index contributed by atoms with van der Waals surface area (Å²) in [5.41, 5.74) is 3.40. The molecule has 0 fully saturated rings. The van der Waals surface area contributed by atoms with Gasteiger partial charge in [0, 0.05) is 23.4 Å². The number of carbonyl (C=O) groups excluding carboxylic acids is 1. The van der Waals surface area contributed by atoms with Gasteiger partial charge < -0.3 is 14.8 Å². The fourth-order valence-electron chi connectivity index (χ4n) is 3.87. The molecular formula is C28H33ClN2O5S2. The zero-order valence-corrected chi connectivity index (χ0v) is 24.4. The third-order valence-corrected chi connectivity index (χ3v) is 8.83. The number of rotatable bonds is 13. The van der Waals surface area contributed by atoms with E-state index in [9.17, 15) is 13.2 Å². The Morgan fingerprint density at radius 3 is 2.24 bits per heavy atom. The average Bonchev–Trinajstić information content (AvgIpc) is 2.89. The van der Waals surface area contributed by atoms with Crippen LogP contribution in [0.3, 0.4) is 0 Å². The lowest BCUT2D eigenvalue weighted by Gasteiger charge is -2.25. The quantitative estimate of drug-likeness (QED) is 0.266. The highest BCUT2D eigenvalue weighted by Crippen LogP contribution is 2.32. The Morgan fingerprint density at radius 1 is 0.947 bits per heavy atom. The van der Waals surface area contributed by atoms with Crippen molar-refractivity contribution in [2.24, 2.45) is 0 Å². The van der Waals surface area contributed by atoms with Crippen molar-refractivity contribution in [1.29, 1.82) is 0 Å². The predicted octanol–water partition coefficient (Wildman–Crippen LogP) is 5.61. The van der Waals surface area contributed by atoms with Crippen LogP contribution in [0.5, 0.6) is 11.5 Å². The van der Waals surface area contributed by atoms with Gasteiger partial charge in [-0.25, -0.2) is 8.42 Å². The Kier molecular flexibility index (Phi) is 10.8. The van der Waals surface area contributed by atoms with E-state index in [0.29, 0.717) is 23.0 Å². The van der Waals surface area contributed by atoms with Gasteiger partial charge in [-0.3, -0.25) is 9.10 Å². The lowest BCUT2D eigenvalue weighted by Crippen LogP contribution is -2.41. The van der Waals surface area contributed by atoms with Crippen molar-refractivity contribution in [3.8, 4) is 11.5 Å². The van der Waals surface area contributed by atoms with Gasteiger partial charge >= 0.3 is 0 Å². The molecule has 0 spiro atoms. The Bertz CT molecular complexity index is 1330. The van der Waals surface area contributed by atoms with Crippen LogP contribution in [0.1, 0.15) is 23.1 Å². The molecule has 3 aromatic carbocycles. The second-order valence-electron chi connectivity index (χ2n) is 8.76. The summed E-state index contributed by atoms with van der Waals surface area (Å²) in [5.74, 6) is 2.03. The molecular weight excluding hydrogens is 544 g/mol. The second-order valence-corrected chi connectivity index (χ2v) is 12.2. The largest absolute Gasteiger partial charge is 0.493 e. The van der Waals surface area contributed by atoms with Gasteiger partial charge in [0.15, 0.2) is 11.5 Å². The molecule has 0 atom stereocenters. The summed E-state index contributed by atoms with van der Waals surface area (Å²) >= 11 is 7.69. The third kappa shape index (κ3) is 8.06. The maximum Gasteiger partial charge on any atom is 0.264 e. The number of halogens is 1. The molecule has 204 valence electrons. The van der Waals surface area contributed by atoms with Gasteiger partial charge in [-0.2, -0.15) is 11.8 Å². The first kappa shape index (κ1) is 29.7. The number of carbonyl (C=O) groups is 1. The normalized spacial score (nSPS) is 11.2. The van der Waals surface area contributed by atoms with Crippen LogP contribution in [0.15, 0.2) is 65.6 Å². The summed E-state index contributed by atoms with van der Waals surface area (Å²) in [6.07, 6.45) is 0.760. The summed E-state index contributed by atoms with van der Waals surface area (Å²) in [5, 5.41) is 3.57. The van der Waals surface area contributed by atoms with E-state index in [0.717, 1.165) is 33.4 Å². The maximum absolute atomic E-state index is 13.8. The van der Waals surface area contributed by atoms with Gasteiger partial charge in [0.1, 0.15) is 6.54 Å². The molecule has 0 aromatic heterocycles. The van der Waals surface area contributed by atoms with E-state index < -0.39 is 10.0 Å². The first-order valence-corrected chi connectivity index (χ1v) is 15.0. The number of nitrogens with zero attached hydrogens (tertiary/aromatic N) is 1. The number of thioether (sulfide) groups is 1. The molecule has 0 aliphatic rings. The molecule has 10 heteroatoms. The maximum atomic E-state index is 13.8. The molecule has 0 aliphatic carbocycles. The van der Waals surface area contributed by atoms with Crippen LogP contribution in [-0.2, 0) is 20.6 Å². The zero-order chi connectivity index (χ0) is 27.7. The van der Waals surface area contributed by atoms with Crippen molar-refractivity contribution in [3.05, 3.63) is 82.4 Å². The molecule has 1 N–H and O–H groups in total. The molecule has 0 aliphatic heterocycles. The van der Waals surface area contributed by atoms with Gasteiger partial charge in [0.25, 0.3) is 10.0 Å². The van der Waals surface area contributed by atoms with E-state index in [4.69, 9.17) is 21.1 Å². The molecule has 0 saturated heterocycles. The van der Waals surface area contributed by atoms with Crippen LogP contribution in [0, 0.1) is 13.8 Å². The average molecular weight is 577 g/mol. The standard InChI is InChI=1S/C28H33ClN2O5S2/c1-20-14-21(2)16-24(15-20)31(38(33,34)25-10-11-26(35-3)27(17-25)36-4)18-28(32)30-12-5-13-37-19-22-6-8-23(29)9-7-22/h6-11,14-17H,5,12-13,18-19H2,1-4H3,(H,30,32). The van der Waals surface area contributed by atoms with Crippen molar-refractivity contribution in [1.82, 2.24) is 5.32 Å². The van der Waals surface area contributed by atoms with Crippen molar-refractivity contribution in [2.45, 2.75) is 30.9 Å². The highest BCUT2D eigenvalue weighted by Gasteiger charge is 2.28. The number of anilines is 1. The van der Waals surface area contributed by atoms with Gasteiger partial charge in [-0.15, -0.1) is 0 Å². The van der Waals surface area contributed by atoms with Gasteiger partial charge in [0.2, 0.25) is 5.91 Å². The van der Waals surface area contributed by atoms with Crippen LogP contribution in [0.25, 0.3) is 0 Å². The molecule has 0 unspecified atom stereocenters. The SMILES string of the molecule is COc1ccc(S(=O)(=O)N(CC(=O)NCCCSCc2ccc(Cl)cc2)c2cc(C)cc(C)c2)cc1OC. The summed E-state index contributed by atoms with van der Waals surface area (Å²) in [7, 11) is -1.17. The van der Waals surface area contributed by atoms with E-state index in [-0.39, 0.29) is 23.1 Å². The van der Waals surface area contributed by atoms with E-state index in [2.05, 4.69) is 5.32 Å². The highest BCUT2D eigenvalue weighted by atomic mass is 35.5. The molecule has 1 amide bonds. The molecule has 0 bridgehead atoms. The number of hydrogen-bond acceptors (Lipinski definition) is 6. The minimum absolute atomic E-state index is 0.000656. The summed E-state index contributed by atoms with van der Waals surface area (Å²) < 4.78 is 39.2. The minimum Gasteiger partial charge on any atom is -0.493 e. The molecule has 38 heavy (non-hydrogen) atoms. The molecule has 3 aromatic rings. The van der Waals surface area contributed by atoms with Gasteiger partial charge in [0.05, 0.1) is 24.8 Å². The topological polar surface area (TPSA) is 84.9 Å². The number of benzene rings is 3. The van der Waals surface area contributed by atoms with E-state index >= 15 is 0 Å². The Balaban J connectivity index is 1.69. The molecule has 0 heterocycles. The monoisotopic (exact) mass is 576 g/mol. The predicted molar refractivity (Wildman–Crippen MR) is 155 cm³/mol. The van der Waals surface area contributed by atoms with E-state index in [1.807, 2.05) is 44.2 Å². The number of sulfonamides is 1. The van der Waals surface area contributed by atoms with Crippen molar-refractivity contribution in [3.63, 3.8) is 0 Å². The Labute approximate surface area is 234 Å². The Morgan fingerprint density at radius 2 is 1.61 bits per heavy atom. The number of amides is 1. The lowest BCUT2D eigenvalue weighted by molar-refractivity contribution is -0.119. The summed E-state index contributed by atoms with van der Waals surface area (Å²) in [6, 6.07) is 17.6. The molecule has 3 rings (SSSR count). The van der Waals surface area contributed by atoms with Crippen LogP contribution >= 0.6 is 23.4 Å². The fraction of sp³-hybridized carbons (Fsp3) is 0.321. The Hall–Kier alpha value is -2.88. The van der Waals surface area contributed by atoms with E-state index in [1.165, 1.54) is 38.0 Å². The second kappa shape index (κ2) is 13.8. The minimum atomic E-state index is -4.09. The highest BCUT2D eigenvalue weighted by molar-refractivity contribution is 7.98. The lowest BCUT2D eigenvalue weighted by atomic mass is 10.1. The number of aryl methyl sites for hydroxylation is 2. The first-order valence-electron chi connectivity index (χ1n) is 12.1. The van der Waals surface area contributed by atoms with Gasteiger partial charge in [-0.05, 0) is 79.1 Å². The summed E-state index contributed by atoms with van der Waals surface area (Å²) in [4.78, 5) is 12.9. The number of methoxy groups -OCH3 is 2. The summed E-state index contributed by atoms with van der Waals surface area (Å²) in [6.45, 7) is 3.88. The van der Waals surface area contributed by atoms with Crippen LogP contribution in [0.4, 0.5) is 5.69 Å². The van der Waals surface area contributed by atoms with Crippen LogP contribution < -0.4 is 19.1 Å². The van der Waals surface area contributed by atoms with Gasteiger partial charge in [-0.1, -0.05) is 29.8 Å². The smallest absolute Gasteiger partial charge is 0.264 e. The zero-order valence-electron chi connectivity index (χ0n) is 22.0. The third-order valence-electron chi connectivity index (χ3n) is 5.69. The fourth-order valence-corrected chi connectivity index (χ4v) is 6.34. The molecule has 0 radical (unpaired) electrons. The number of hydrogen-bond donors (Lipinski definition) is 1. The van der Waals surface area contributed by atoms with Crippen molar-refractivity contribution < 1.29 is 22.7 Å². The van der Waals surface area contributed by atoms with Crippen LogP contribution in [-0.4, -0.2) is 47.4 Å². The van der Waals surface area contributed by atoms with E-state index in [1.54, 1.807) is 23.9 Å².